The van der Waals surface area contributed by atoms with Crippen LogP contribution in [0, 0.1) is 17.4 Å². The van der Waals surface area contributed by atoms with E-state index < -0.39 is 0 Å². The molecular formula is C6H7NO. The second-order valence-corrected chi connectivity index (χ2v) is 2.85. The molecule has 2 heteroatoms. The van der Waals surface area contributed by atoms with Crippen LogP contribution < -0.4 is 0 Å². The zero-order valence-electron chi connectivity index (χ0n) is 4.55. The lowest BCUT2D eigenvalue weighted by molar-refractivity contribution is -0.188. The van der Waals surface area contributed by atoms with Gasteiger partial charge in [0.15, 0.2) is 0 Å². The highest BCUT2D eigenvalue weighted by molar-refractivity contribution is 5.10. The molecule has 0 radical (unpaired) electrons. The maximum Gasteiger partial charge on any atom is 0.286 e. The summed E-state index contributed by atoms with van der Waals surface area (Å²) in [5.41, 5.74) is 0.0550. The fourth-order valence-electron chi connectivity index (χ4n) is 1.62. The summed E-state index contributed by atoms with van der Waals surface area (Å²) in [5.74, 6) is 0.906. The lowest BCUT2D eigenvalue weighted by Crippen LogP contribution is -2.59. The van der Waals surface area contributed by atoms with Gasteiger partial charge in [0.1, 0.15) is 5.60 Å². The Balaban J connectivity index is 1.98. The SMILES string of the molecule is N#COC12CC(C1)C2. The Morgan fingerprint density at radius 1 is 1.50 bits per heavy atom. The Kier molecular flexibility index (Phi) is 0.523. The summed E-state index contributed by atoms with van der Waals surface area (Å²) in [6.07, 6.45) is 5.17. The van der Waals surface area contributed by atoms with Crippen molar-refractivity contribution in [3.05, 3.63) is 0 Å². The minimum Gasteiger partial charge on any atom is -0.421 e. The first-order valence-electron chi connectivity index (χ1n) is 2.92. The second-order valence-electron chi connectivity index (χ2n) is 2.85. The van der Waals surface area contributed by atoms with Gasteiger partial charge in [0.05, 0.1) is 0 Å². The predicted molar refractivity (Wildman–Crippen MR) is 26.8 cm³/mol. The molecule has 8 heavy (non-hydrogen) atoms. The van der Waals surface area contributed by atoms with Crippen LogP contribution >= 0.6 is 0 Å². The molecule has 3 aliphatic carbocycles. The number of nitriles is 1. The number of ether oxygens (including phenoxy) is 1. The third-order valence-corrected chi connectivity index (χ3v) is 2.24. The van der Waals surface area contributed by atoms with E-state index in [2.05, 4.69) is 0 Å². The van der Waals surface area contributed by atoms with Crippen LogP contribution in [-0.2, 0) is 4.74 Å². The molecule has 3 aliphatic rings. The summed E-state index contributed by atoms with van der Waals surface area (Å²) in [7, 11) is 0. The Morgan fingerprint density at radius 2 is 2.12 bits per heavy atom. The van der Waals surface area contributed by atoms with Crippen molar-refractivity contribution >= 4 is 0 Å². The van der Waals surface area contributed by atoms with Gasteiger partial charge < -0.3 is 4.74 Å². The Labute approximate surface area is 48.1 Å². The summed E-state index contributed by atoms with van der Waals surface area (Å²) < 4.78 is 4.84. The van der Waals surface area contributed by atoms with Crippen LogP contribution in [0.3, 0.4) is 0 Å². The molecule has 3 saturated carbocycles. The van der Waals surface area contributed by atoms with Crippen LogP contribution in [0.5, 0.6) is 0 Å². The van der Waals surface area contributed by atoms with Gasteiger partial charge in [0, 0.05) is 0 Å². The van der Waals surface area contributed by atoms with Gasteiger partial charge in [0.2, 0.25) is 0 Å². The summed E-state index contributed by atoms with van der Waals surface area (Å²) in [6.45, 7) is 0. The third kappa shape index (κ3) is 0.291. The highest BCUT2D eigenvalue weighted by atomic mass is 16.5. The van der Waals surface area contributed by atoms with Crippen LogP contribution in [0.2, 0.25) is 0 Å². The zero-order chi connectivity index (χ0) is 5.61. The van der Waals surface area contributed by atoms with Crippen molar-refractivity contribution < 1.29 is 4.74 Å². The minimum atomic E-state index is 0.0550. The van der Waals surface area contributed by atoms with E-state index in [0.29, 0.717) is 0 Å². The molecular weight excluding hydrogens is 102 g/mol. The fraction of sp³-hybridized carbons (Fsp3) is 0.833. The van der Waals surface area contributed by atoms with Gasteiger partial charge in [-0.2, -0.15) is 5.26 Å². The van der Waals surface area contributed by atoms with E-state index in [9.17, 15) is 0 Å². The van der Waals surface area contributed by atoms with E-state index in [1.807, 2.05) is 0 Å². The maximum atomic E-state index is 8.12. The lowest BCUT2D eigenvalue weighted by atomic mass is 9.52. The van der Waals surface area contributed by atoms with E-state index in [0.717, 1.165) is 25.2 Å². The van der Waals surface area contributed by atoms with Crippen molar-refractivity contribution in [3.63, 3.8) is 0 Å². The van der Waals surface area contributed by atoms with Crippen LogP contribution in [0.25, 0.3) is 0 Å². The van der Waals surface area contributed by atoms with Crippen LogP contribution in [-0.4, -0.2) is 5.60 Å². The molecule has 0 spiro atoms. The molecule has 0 amide bonds. The quantitative estimate of drug-likeness (QED) is 0.471. The molecule has 3 rings (SSSR count). The smallest absolute Gasteiger partial charge is 0.286 e. The van der Waals surface area contributed by atoms with E-state index in [1.165, 1.54) is 0 Å². The third-order valence-electron chi connectivity index (χ3n) is 2.24. The first kappa shape index (κ1) is 4.20. The first-order valence-corrected chi connectivity index (χ1v) is 2.92. The Hall–Kier alpha value is -0.710. The molecule has 42 valence electrons. The van der Waals surface area contributed by atoms with Crippen molar-refractivity contribution in [2.24, 2.45) is 5.92 Å². The normalized spacial score (nSPS) is 48.1. The van der Waals surface area contributed by atoms with Gasteiger partial charge in [-0.15, -0.1) is 0 Å². The zero-order valence-corrected chi connectivity index (χ0v) is 4.55. The van der Waals surface area contributed by atoms with E-state index >= 15 is 0 Å². The first-order chi connectivity index (χ1) is 3.85. The predicted octanol–water partition coefficient (Wildman–Crippen LogP) is 1.04. The molecule has 0 atom stereocenters. The highest BCUT2D eigenvalue weighted by Gasteiger charge is 2.59. The molecule has 0 heterocycles. The fourth-order valence-corrected chi connectivity index (χ4v) is 1.62. The summed E-state index contributed by atoms with van der Waals surface area (Å²) in [4.78, 5) is 0. The summed E-state index contributed by atoms with van der Waals surface area (Å²) >= 11 is 0. The van der Waals surface area contributed by atoms with E-state index in [1.54, 1.807) is 6.26 Å². The van der Waals surface area contributed by atoms with E-state index in [4.69, 9.17) is 10.00 Å². The van der Waals surface area contributed by atoms with E-state index in [-0.39, 0.29) is 5.60 Å². The van der Waals surface area contributed by atoms with Crippen LogP contribution in [0.4, 0.5) is 0 Å². The topological polar surface area (TPSA) is 33.0 Å². The average molecular weight is 109 g/mol. The lowest BCUT2D eigenvalue weighted by Gasteiger charge is -2.58. The molecule has 3 fully saturated rings. The standard InChI is InChI=1S/C6H7NO/c7-4-8-6-1-5(2-6)3-6/h5H,1-3H2. The van der Waals surface area contributed by atoms with Gasteiger partial charge in [0.25, 0.3) is 6.26 Å². The van der Waals surface area contributed by atoms with Crippen molar-refractivity contribution in [3.8, 4) is 6.26 Å². The molecule has 2 bridgehead atoms. The Morgan fingerprint density at radius 3 is 2.25 bits per heavy atom. The highest BCUT2D eigenvalue weighted by Crippen LogP contribution is 2.59. The number of rotatable bonds is 1. The molecule has 0 aromatic carbocycles. The average Bonchev–Trinajstić information content (AvgIpc) is 1.50. The van der Waals surface area contributed by atoms with Gasteiger partial charge in [-0.1, -0.05) is 0 Å². The van der Waals surface area contributed by atoms with Crippen LogP contribution in [0.15, 0.2) is 0 Å². The van der Waals surface area contributed by atoms with Gasteiger partial charge in [-0.3, -0.25) is 0 Å². The molecule has 0 aliphatic heterocycles. The van der Waals surface area contributed by atoms with Crippen molar-refractivity contribution in [2.45, 2.75) is 24.9 Å². The molecule has 0 saturated heterocycles. The van der Waals surface area contributed by atoms with Gasteiger partial charge in [-0.05, 0) is 25.2 Å². The number of hydrogen-bond donors (Lipinski definition) is 0. The van der Waals surface area contributed by atoms with Crippen LogP contribution in [0.1, 0.15) is 19.3 Å². The van der Waals surface area contributed by atoms with Crippen molar-refractivity contribution in [1.82, 2.24) is 0 Å². The molecule has 0 unspecified atom stereocenters. The van der Waals surface area contributed by atoms with Crippen molar-refractivity contribution in [2.75, 3.05) is 0 Å². The number of nitrogens with zero attached hydrogens (tertiary/aromatic N) is 1. The summed E-state index contributed by atoms with van der Waals surface area (Å²) in [5, 5.41) is 8.12. The largest absolute Gasteiger partial charge is 0.421 e. The second kappa shape index (κ2) is 0.997. The Bertz CT molecular complexity index is 141. The van der Waals surface area contributed by atoms with Gasteiger partial charge in [-0.25, -0.2) is 0 Å². The van der Waals surface area contributed by atoms with Crippen molar-refractivity contribution in [1.29, 1.82) is 5.26 Å². The number of hydrogen-bond acceptors (Lipinski definition) is 2. The monoisotopic (exact) mass is 109 g/mol. The molecule has 2 nitrogen and oxygen atoms in total. The molecule has 0 N–H and O–H groups in total. The minimum absolute atomic E-state index is 0.0550. The molecule has 0 aromatic heterocycles. The summed E-state index contributed by atoms with van der Waals surface area (Å²) in [6, 6.07) is 0. The van der Waals surface area contributed by atoms with Gasteiger partial charge >= 0.3 is 0 Å². The molecule has 0 aromatic rings. The maximum absolute atomic E-state index is 8.12.